The molecule has 0 aliphatic heterocycles. The fourth-order valence-electron chi connectivity index (χ4n) is 2.61. The minimum atomic E-state index is -4.72. The molecule has 3 N–H and O–H groups in total. The highest BCUT2D eigenvalue weighted by atomic mass is 19.4. The average molecular weight is 408 g/mol. The third-order valence-corrected chi connectivity index (χ3v) is 3.94. The lowest BCUT2D eigenvalue weighted by Crippen LogP contribution is -2.14. The Hall–Kier alpha value is -4.03. The van der Waals surface area contributed by atoms with Crippen LogP contribution in [0.15, 0.2) is 39.7 Å². The van der Waals surface area contributed by atoms with Gasteiger partial charge in [-0.05, 0) is 18.2 Å². The lowest BCUT2D eigenvalue weighted by molar-refractivity contribution is -0.137. The van der Waals surface area contributed by atoms with E-state index >= 15 is 0 Å². The molecular formula is C16H8F4N6O3. The first kappa shape index (κ1) is 18.3. The Morgan fingerprint density at radius 1 is 1.17 bits per heavy atom. The third-order valence-electron chi connectivity index (χ3n) is 3.94. The number of alkyl halides is 3. The van der Waals surface area contributed by atoms with Crippen LogP contribution in [-0.4, -0.2) is 30.7 Å². The number of primary amides is 1. The minimum absolute atomic E-state index is 0.0773. The van der Waals surface area contributed by atoms with E-state index in [-0.39, 0.29) is 28.4 Å². The summed E-state index contributed by atoms with van der Waals surface area (Å²) in [6, 6.07) is 2.81. The molecule has 0 aliphatic carbocycles. The number of nitrogens with two attached hydrogens (primary N) is 1. The van der Waals surface area contributed by atoms with Gasteiger partial charge in [0.05, 0.1) is 11.3 Å². The Morgan fingerprint density at radius 2 is 1.93 bits per heavy atom. The molecule has 0 radical (unpaired) electrons. The van der Waals surface area contributed by atoms with Gasteiger partial charge in [0.25, 0.3) is 11.4 Å². The van der Waals surface area contributed by atoms with Gasteiger partial charge in [0, 0.05) is 17.8 Å². The van der Waals surface area contributed by atoms with Gasteiger partial charge >= 0.3 is 18.0 Å². The molecule has 1 amide bonds. The molecule has 0 saturated heterocycles. The highest BCUT2D eigenvalue weighted by Crippen LogP contribution is 2.32. The summed E-state index contributed by atoms with van der Waals surface area (Å²) in [5.41, 5.74) is 2.68. The number of H-pyrrole nitrogens is 1. The van der Waals surface area contributed by atoms with Crippen LogP contribution in [0.25, 0.3) is 28.4 Å². The van der Waals surface area contributed by atoms with Gasteiger partial charge in [-0.2, -0.15) is 13.2 Å². The second-order valence-corrected chi connectivity index (χ2v) is 5.79. The van der Waals surface area contributed by atoms with Crippen LogP contribution in [0, 0.1) is 5.82 Å². The molecule has 3 heterocycles. The SMILES string of the molecule is NC(=O)c1nnc(-c2c[nH]n3c(=O)cc(-c4ccc(C(F)(F)F)cc4F)nc23)o1. The number of benzene rings is 1. The number of aromatic nitrogens is 5. The van der Waals surface area contributed by atoms with Crippen molar-refractivity contribution in [2.75, 3.05) is 0 Å². The van der Waals surface area contributed by atoms with E-state index in [1.54, 1.807) is 0 Å². The molecule has 0 unspecified atom stereocenters. The first-order valence-electron chi connectivity index (χ1n) is 7.77. The number of nitrogens with one attached hydrogen (secondary N) is 1. The van der Waals surface area contributed by atoms with Crippen molar-refractivity contribution in [1.29, 1.82) is 0 Å². The van der Waals surface area contributed by atoms with Gasteiger partial charge in [0.15, 0.2) is 5.65 Å². The molecule has 29 heavy (non-hydrogen) atoms. The fourth-order valence-corrected chi connectivity index (χ4v) is 2.61. The molecule has 4 rings (SSSR count). The van der Waals surface area contributed by atoms with Crippen molar-refractivity contribution in [3.8, 4) is 22.7 Å². The zero-order valence-corrected chi connectivity index (χ0v) is 14.0. The minimum Gasteiger partial charge on any atom is -0.412 e. The Morgan fingerprint density at radius 3 is 2.55 bits per heavy atom. The second-order valence-electron chi connectivity index (χ2n) is 5.79. The monoisotopic (exact) mass is 408 g/mol. The normalized spacial score (nSPS) is 11.9. The maximum Gasteiger partial charge on any atom is 0.416 e. The molecule has 0 atom stereocenters. The van der Waals surface area contributed by atoms with Gasteiger partial charge in [-0.25, -0.2) is 13.9 Å². The van der Waals surface area contributed by atoms with Crippen molar-refractivity contribution in [3.63, 3.8) is 0 Å². The molecule has 4 aromatic rings. The predicted molar refractivity (Wildman–Crippen MR) is 88.0 cm³/mol. The van der Waals surface area contributed by atoms with Crippen LogP contribution in [-0.2, 0) is 6.18 Å². The van der Waals surface area contributed by atoms with Crippen molar-refractivity contribution in [3.05, 3.63) is 58.1 Å². The van der Waals surface area contributed by atoms with E-state index in [1.165, 1.54) is 6.20 Å². The highest BCUT2D eigenvalue weighted by molar-refractivity contribution is 5.88. The summed E-state index contributed by atoms with van der Waals surface area (Å²) in [7, 11) is 0. The van der Waals surface area contributed by atoms with Crippen molar-refractivity contribution in [1.82, 2.24) is 24.8 Å². The standard InChI is InChI=1S/C16H8F4N6O3/c17-9-3-6(16(18,19)20)1-2-7(9)10-4-11(27)26-13(23-10)8(5-22-26)14-24-25-15(29-14)12(21)28/h1-5,22H,(H2,21,28). The van der Waals surface area contributed by atoms with E-state index in [4.69, 9.17) is 10.2 Å². The number of aromatic amines is 1. The molecule has 0 bridgehead atoms. The van der Waals surface area contributed by atoms with E-state index in [0.717, 1.165) is 16.6 Å². The zero-order valence-electron chi connectivity index (χ0n) is 14.0. The van der Waals surface area contributed by atoms with Crippen LogP contribution in [0.4, 0.5) is 17.6 Å². The number of amides is 1. The molecule has 3 aromatic heterocycles. The zero-order chi connectivity index (χ0) is 20.9. The summed E-state index contributed by atoms with van der Waals surface area (Å²) in [5.74, 6) is -2.86. The summed E-state index contributed by atoms with van der Waals surface area (Å²) in [5, 5.41) is 9.64. The summed E-state index contributed by atoms with van der Waals surface area (Å²) in [6.45, 7) is 0. The highest BCUT2D eigenvalue weighted by Gasteiger charge is 2.31. The number of rotatable bonds is 3. The molecule has 1 aromatic carbocycles. The average Bonchev–Trinajstić information content (AvgIpc) is 3.27. The van der Waals surface area contributed by atoms with E-state index < -0.39 is 34.9 Å². The lowest BCUT2D eigenvalue weighted by Gasteiger charge is -2.09. The van der Waals surface area contributed by atoms with Gasteiger partial charge in [-0.3, -0.25) is 14.7 Å². The first-order valence-corrected chi connectivity index (χ1v) is 7.77. The molecule has 148 valence electrons. The molecule has 0 spiro atoms. The Labute approximate surface area is 156 Å². The number of carbonyl (C=O) groups is 1. The van der Waals surface area contributed by atoms with E-state index in [2.05, 4.69) is 20.3 Å². The number of halogens is 4. The number of fused-ring (bicyclic) bond motifs is 1. The van der Waals surface area contributed by atoms with Gasteiger partial charge < -0.3 is 10.2 Å². The van der Waals surface area contributed by atoms with Crippen molar-refractivity contribution in [2.45, 2.75) is 6.18 Å². The molecule has 0 fully saturated rings. The van der Waals surface area contributed by atoms with Crippen LogP contribution in [0.1, 0.15) is 16.2 Å². The predicted octanol–water partition coefficient (Wildman–Crippen LogP) is 2.00. The summed E-state index contributed by atoms with van der Waals surface area (Å²) < 4.78 is 58.6. The number of hydrogen-bond acceptors (Lipinski definition) is 6. The number of carbonyl (C=O) groups excluding carboxylic acids is 1. The van der Waals surface area contributed by atoms with Crippen LogP contribution in [0.2, 0.25) is 0 Å². The summed E-state index contributed by atoms with van der Waals surface area (Å²) in [4.78, 5) is 27.5. The number of hydrogen-bond donors (Lipinski definition) is 2. The maximum atomic E-state index is 14.3. The van der Waals surface area contributed by atoms with Crippen LogP contribution < -0.4 is 11.3 Å². The smallest absolute Gasteiger partial charge is 0.412 e. The van der Waals surface area contributed by atoms with Crippen LogP contribution in [0.5, 0.6) is 0 Å². The van der Waals surface area contributed by atoms with Crippen LogP contribution in [0.3, 0.4) is 0 Å². The van der Waals surface area contributed by atoms with E-state index in [9.17, 15) is 27.2 Å². The molecule has 13 heteroatoms. The van der Waals surface area contributed by atoms with Gasteiger partial charge in [0.1, 0.15) is 11.4 Å². The van der Waals surface area contributed by atoms with Gasteiger partial charge in [-0.15, -0.1) is 10.2 Å². The second kappa shape index (κ2) is 6.25. The fraction of sp³-hybridized carbons (Fsp3) is 0.0625. The topological polar surface area (TPSA) is 132 Å². The summed E-state index contributed by atoms with van der Waals surface area (Å²) in [6.07, 6.45) is -3.45. The maximum absolute atomic E-state index is 14.3. The Bertz CT molecular complexity index is 1320. The van der Waals surface area contributed by atoms with Gasteiger partial charge in [0.2, 0.25) is 0 Å². The van der Waals surface area contributed by atoms with E-state index in [0.29, 0.717) is 12.1 Å². The summed E-state index contributed by atoms with van der Waals surface area (Å²) >= 11 is 0. The first-order chi connectivity index (χ1) is 13.6. The third kappa shape index (κ3) is 3.11. The molecule has 0 saturated carbocycles. The number of nitrogens with zero attached hydrogens (tertiary/aromatic N) is 4. The molecular weight excluding hydrogens is 400 g/mol. The Kier molecular flexibility index (Phi) is 3.95. The van der Waals surface area contributed by atoms with Crippen molar-refractivity contribution in [2.24, 2.45) is 5.73 Å². The van der Waals surface area contributed by atoms with Crippen molar-refractivity contribution >= 4 is 11.6 Å². The largest absolute Gasteiger partial charge is 0.416 e. The Balaban J connectivity index is 1.87. The molecule has 0 aliphatic rings. The van der Waals surface area contributed by atoms with Gasteiger partial charge in [-0.1, -0.05) is 0 Å². The quantitative estimate of drug-likeness (QED) is 0.499. The van der Waals surface area contributed by atoms with Crippen molar-refractivity contribution < 1.29 is 26.8 Å². The van der Waals surface area contributed by atoms with Crippen LogP contribution >= 0.6 is 0 Å². The molecule has 9 nitrogen and oxygen atoms in total. The lowest BCUT2D eigenvalue weighted by atomic mass is 10.1. The van der Waals surface area contributed by atoms with E-state index in [1.807, 2.05) is 0 Å².